The number of halogens is 1. The molecule has 0 aliphatic carbocycles. The third-order valence-corrected chi connectivity index (χ3v) is 3.29. The molecule has 0 aromatic heterocycles. The summed E-state index contributed by atoms with van der Waals surface area (Å²) in [6.07, 6.45) is 0.936. The van der Waals surface area contributed by atoms with Gasteiger partial charge in [0, 0.05) is 17.3 Å². The van der Waals surface area contributed by atoms with Gasteiger partial charge >= 0.3 is 0 Å². The van der Waals surface area contributed by atoms with E-state index < -0.39 is 0 Å². The van der Waals surface area contributed by atoms with E-state index in [1.807, 2.05) is 23.1 Å². The van der Waals surface area contributed by atoms with Gasteiger partial charge in [-0.3, -0.25) is 4.79 Å². The molecule has 0 spiro atoms. The first-order valence-electron chi connectivity index (χ1n) is 5.07. The van der Waals surface area contributed by atoms with E-state index in [2.05, 4.69) is 5.32 Å². The van der Waals surface area contributed by atoms with Gasteiger partial charge in [-0.05, 0) is 24.1 Å². The molecular weight excluding hydrogens is 212 g/mol. The Balaban J connectivity index is 2.08. The van der Waals surface area contributed by atoms with E-state index in [9.17, 15) is 4.79 Å². The lowest BCUT2D eigenvalue weighted by atomic mass is 10.1. The molecule has 3 nitrogen and oxygen atoms in total. The van der Waals surface area contributed by atoms with Crippen LogP contribution in [0.3, 0.4) is 0 Å². The van der Waals surface area contributed by atoms with Gasteiger partial charge in [0.25, 0.3) is 0 Å². The lowest BCUT2D eigenvalue weighted by Gasteiger charge is -2.30. The molecule has 0 bridgehead atoms. The Hall–Kier alpha value is -1.06. The summed E-state index contributed by atoms with van der Waals surface area (Å²) in [4.78, 5) is 13.7. The van der Waals surface area contributed by atoms with Crippen LogP contribution in [0.25, 0.3) is 0 Å². The van der Waals surface area contributed by atoms with Crippen LogP contribution in [0, 0.1) is 0 Å². The predicted molar refractivity (Wildman–Crippen MR) is 59.3 cm³/mol. The van der Waals surface area contributed by atoms with Crippen LogP contribution in [0.5, 0.6) is 0 Å². The number of carbonyl (C=O) groups excluding carboxylic acids is 1. The average Bonchev–Trinajstić information content (AvgIpc) is 2.57. The van der Waals surface area contributed by atoms with Crippen molar-refractivity contribution in [3.8, 4) is 0 Å². The first-order valence-corrected chi connectivity index (χ1v) is 5.45. The predicted octanol–water partition coefficient (Wildman–Crippen LogP) is 1.20. The summed E-state index contributed by atoms with van der Waals surface area (Å²) in [7, 11) is 0. The fourth-order valence-corrected chi connectivity index (χ4v) is 2.57. The molecule has 1 aromatic rings. The Morgan fingerprint density at radius 3 is 3.20 bits per heavy atom. The van der Waals surface area contributed by atoms with Gasteiger partial charge in [0.1, 0.15) is 0 Å². The lowest BCUT2D eigenvalue weighted by Crippen LogP contribution is -2.53. The molecule has 3 rings (SSSR count). The van der Waals surface area contributed by atoms with Crippen LogP contribution < -0.4 is 10.2 Å². The lowest BCUT2D eigenvalue weighted by molar-refractivity contribution is -0.119. The minimum absolute atomic E-state index is 0.146. The summed E-state index contributed by atoms with van der Waals surface area (Å²) in [6.45, 7) is 1.31. The number of nitrogens with zero attached hydrogens (tertiary/aromatic N) is 1. The SMILES string of the molecule is O=C1CNCC2Cc3ccc(Cl)cc3N12. The van der Waals surface area contributed by atoms with E-state index >= 15 is 0 Å². The summed E-state index contributed by atoms with van der Waals surface area (Å²) >= 11 is 5.95. The summed E-state index contributed by atoms with van der Waals surface area (Å²) < 4.78 is 0. The molecule has 2 heterocycles. The third kappa shape index (κ3) is 1.34. The zero-order chi connectivity index (χ0) is 10.4. The monoisotopic (exact) mass is 222 g/mol. The molecule has 1 saturated heterocycles. The van der Waals surface area contributed by atoms with Gasteiger partial charge in [0.05, 0.1) is 12.6 Å². The Morgan fingerprint density at radius 1 is 1.47 bits per heavy atom. The Morgan fingerprint density at radius 2 is 2.33 bits per heavy atom. The number of rotatable bonds is 0. The first kappa shape index (κ1) is 9.19. The van der Waals surface area contributed by atoms with Crippen molar-refractivity contribution < 1.29 is 4.79 Å². The molecule has 1 atom stereocenters. The van der Waals surface area contributed by atoms with Crippen molar-refractivity contribution in [2.75, 3.05) is 18.0 Å². The second kappa shape index (κ2) is 3.22. The molecule has 15 heavy (non-hydrogen) atoms. The van der Waals surface area contributed by atoms with Crippen molar-refractivity contribution in [1.82, 2.24) is 5.32 Å². The molecule has 1 amide bonds. The molecule has 1 fully saturated rings. The van der Waals surface area contributed by atoms with Crippen LogP contribution in [-0.2, 0) is 11.2 Å². The van der Waals surface area contributed by atoms with E-state index in [-0.39, 0.29) is 11.9 Å². The number of benzene rings is 1. The molecule has 1 N–H and O–H groups in total. The standard InChI is InChI=1S/C11H11ClN2O/c12-8-2-1-7-3-9-5-13-6-11(15)14(9)10(7)4-8/h1-2,4,9,13H,3,5-6H2. The molecule has 2 aliphatic rings. The zero-order valence-electron chi connectivity index (χ0n) is 8.16. The number of carbonyl (C=O) groups is 1. The smallest absolute Gasteiger partial charge is 0.241 e. The average molecular weight is 223 g/mol. The maximum atomic E-state index is 11.8. The highest BCUT2D eigenvalue weighted by Gasteiger charge is 2.35. The maximum absolute atomic E-state index is 11.8. The van der Waals surface area contributed by atoms with Crippen molar-refractivity contribution in [2.24, 2.45) is 0 Å². The fraction of sp³-hybridized carbons (Fsp3) is 0.364. The highest BCUT2D eigenvalue weighted by atomic mass is 35.5. The summed E-state index contributed by atoms with van der Waals surface area (Å²) in [5.41, 5.74) is 2.22. The molecule has 1 unspecified atom stereocenters. The van der Waals surface area contributed by atoms with Crippen molar-refractivity contribution in [1.29, 1.82) is 0 Å². The van der Waals surface area contributed by atoms with E-state index in [0.717, 1.165) is 18.7 Å². The number of anilines is 1. The number of hydrogen-bond acceptors (Lipinski definition) is 2. The second-order valence-corrected chi connectivity index (χ2v) is 4.46. The highest BCUT2D eigenvalue weighted by molar-refractivity contribution is 6.31. The number of nitrogens with one attached hydrogen (secondary N) is 1. The quantitative estimate of drug-likeness (QED) is 0.716. The summed E-state index contributed by atoms with van der Waals surface area (Å²) in [5, 5.41) is 3.83. The van der Waals surface area contributed by atoms with E-state index in [4.69, 9.17) is 11.6 Å². The van der Waals surface area contributed by atoms with Gasteiger partial charge < -0.3 is 10.2 Å². The van der Waals surface area contributed by atoms with Crippen LogP contribution in [0.1, 0.15) is 5.56 Å². The summed E-state index contributed by atoms with van der Waals surface area (Å²) in [6, 6.07) is 6.07. The Labute approximate surface area is 93.0 Å². The molecule has 0 saturated carbocycles. The maximum Gasteiger partial charge on any atom is 0.241 e. The topological polar surface area (TPSA) is 32.3 Å². The van der Waals surface area contributed by atoms with Gasteiger partial charge in [-0.2, -0.15) is 0 Å². The summed E-state index contributed by atoms with van der Waals surface area (Å²) in [5.74, 6) is 0.146. The fourth-order valence-electron chi connectivity index (χ4n) is 2.41. The highest BCUT2D eigenvalue weighted by Crippen LogP contribution is 2.35. The van der Waals surface area contributed by atoms with Crippen molar-refractivity contribution in [3.05, 3.63) is 28.8 Å². The Kier molecular flexibility index (Phi) is 1.97. The number of fused-ring (bicyclic) bond motifs is 3. The van der Waals surface area contributed by atoms with Crippen molar-refractivity contribution in [3.63, 3.8) is 0 Å². The van der Waals surface area contributed by atoms with Crippen molar-refractivity contribution >= 4 is 23.2 Å². The van der Waals surface area contributed by atoms with Crippen LogP contribution in [0.4, 0.5) is 5.69 Å². The van der Waals surface area contributed by atoms with Gasteiger partial charge in [0.15, 0.2) is 0 Å². The number of hydrogen-bond donors (Lipinski definition) is 1. The minimum atomic E-state index is 0.146. The number of piperazine rings is 1. The van der Waals surface area contributed by atoms with Gasteiger partial charge in [-0.25, -0.2) is 0 Å². The van der Waals surface area contributed by atoms with E-state index in [0.29, 0.717) is 11.6 Å². The molecule has 0 radical (unpaired) electrons. The Bertz CT molecular complexity index is 433. The molecule has 4 heteroatoms. The van der Waals surface area contributed by atoms with Gasteiger partial charge in [-0.1, -0.05) is 17.7 Å². The van der Waals surface area contributed by atoms with Gasteiger partial charge in [-0.15, -0.1) is 0 Å². The minimum Gasteiger partial charge on any atom is -0.306 e. The number of amides is 1. The van der Waals surface area contributed by atoms with Crippen LogP contribution in [-0.4, -0.2) is 25.0 Å². The first-order chi connectivity index (χ1) is 7.25. The van der Waals surface area contributed by atoms with E-state index in [1.54, 1.807) is 0 Å². The normalized spacial score (nSPS) is 23.9. The van der Waals surface area contributed by atoms with Crippen LogP contribution in [0.2, 0.25) is 5.02 Å². The van der Waals surface area contributed by atoms with Crippen molar-refractivity contribution in [2.45, 2.75) is 12.5 Å². The molecule has 1 aromatic carbocycles. The zero-order valence-corrected chi connectivity index (χ0v) is 8.92. The third-order valence-electron chi connectivity index (χ3n) is 3.05. The van der Waals surface area contributed by atoms with Gasteiger partial charge in [0.2, 0.25) is 5.91 Å². The molecule has 78 valence electrons. The molecule has 2 aliphatic heterocycles. The van der Waals surface area contributed by atoms with Crippen LogP contribution >= 0.6 is 11.6 Å². The molecular formula is C11H11ClN2O. The largest absolute Gasteiger partial charge is 0.306 e. The second-order valence-electron chi connectivity index (χ2n) is 4.03. The van der Waals surface area contributed by atoms with E-state index in [1.165, 1.54) is 5.56 Å². The van der Waals surface area contributed by atoms with Crippen LogP contribution in [0.15, 0.2) is 18.2 Å².